The molecule has 5 N–H and O–H groups in total. The van der Waals surface area contributed by atoms with Crippen molar-refractivity contribution in [3.05, 3.63) is 34.9 Å². The lowest BCUT2D eigenvalue weighted by Gasteiger charge is -2.29. The number of nitrogens with one attached hydrogen (secondary N) is 2. The third-order valence-corrected chi connectivity index (χ3v) is 7.44. The van der Waals surface area contributed by atoms with Crippen LogP contribution in [-0.2, 0) is 33.6 Å². The second-order valence-electron chi connectivity index (χ2n) is 9.91. The van der Waals surface area contributed by atoms with E-state index in [-0.39, 0.29) is 49.1 Å². The second-order valence-corrected chi connectivity index (χ2v) is 9.91. The standard InChI is InChI=1S/C27H42N4O4.ClH/c1-3-19(4-2)27(35)31-13-7-10-24(31)26(34)30-23(25(33)29-17-22(32)16-28)15-18-11-12-20-8-5-6-9-21(20)14-18;/h11-12,14,19,22-24,32H,3-10,13,15-17,28H2,1-2H3,(H,29,33)(H,30,34);1H/t22?,23-,24+;/m1./s1. The summed E-state index contributed by atoms with van der Waals surface area (Å²) in [6, 6.07) is 4.94. The maximum Gasteiger partial charge on any atom is 0.243 e. The van der Waals surface area contributed by atoms with E-state index in [0.717, 1.165) is 44.1 Å². The molecule has 0 saturated carbocycles. The van der Waals surface area contributed by atoms with Crippen LogP contribution in [0.2, 0.25) is 0 Å². The van der Waals surface area contributed by atoms with Gasteiger partial charge < -0.3 is 26.4 Å². The Morgan fingerprint density at radius 1 is 1.11 bits per heavy atom. The number of aliphatic hydroxyl groups is 1. The minimum Gasteiger partial charge on any atom is -0.390 e. The summed E-state index contributed by atoms with van der Waals surface area (Å²) in [7, 11) is 0. The van der Waals surface area contributed by atoms with Crippen molar-refractivity contribution >= 4 is 30.1 Å². The highest BCUT2D eigenvalue weighted by Crippen LogP contribution is 2.24. The summed E-state index contributed by atoms with van der Waals surface area (Å²) in [6.45, 7) is 4.61. The number of halogens is 1. The molecule has 0 spiro atoms. The van der Waals surface area contributed by atoms with Gasteiger partial charge in [0.25, 0.3) is 0 Å². The highest BCUT2D eigenvalue weighted by Gasteiger charge is 2.37. The molecular formula is C27H43ClN4O4. The summed E-state index contributed by atoms with van der Waals surface area (Å²) >= 11 is 0. The van der Waals surface area contributed by atoms with Gasteiger partial charge in [-0.15, -0.1) is 12.4 Å². The van der Waals surface area contributed by atoms with Crippen LogP contribution in [0.15, 0.2) is 18.2 Å². The van der Waals surface area contributed by atoms with E-state index in [2.05, 4.69) is 22.8 Å². The van der Waals surface area contributed by atoms with E-state index < -0.39 is 18.2 Å². The molecule has 36 heavy (non-hydrogen) atoms. The molecule has 0 aromatic heterocycles. The molecule has 1 heterocycles. The van der Waals surface area contributed by atoms with Crippen molar-refractivity contribution in [2.45, 2.75) is 89.8 Å². The van der Waals surface area contributed by atoms with E-state index in [1.54, 1.807) is 4.90 Å². The van der Waals surface area contributed by atoms with Gasteiger partial charge in [0.2, 0.25) is 17.7 Å². The number of aliphatic hydroxyl groups excluding tert-OH is 1. The van der Waals surface area contributed by atoms with Gasteiger partial charge in [-0.2, -0.15) is 0 Å². The van der Waals surface area contributed by atoms with Gasteiger partial charge in [0, 0.05) is 32.0 Å². The fourth-order valence-electron chi connectivity index (χ4n) is 5.23. The Kier molecular flexibility index (Phi) is 12.1. The van der Waals surface area contributed by atoms with E-state index >= 15 is 0 Å². The Bertz CT molecular complexity index is 893. The molecule has 8 nitrogen and oxygen atoms in total. The maximum absolute atomic E-state index is 13.3. The lowest BCUT2D eigenvalue weighted by Crippen LogP contribution is -2.55. The van der Waals surface area contributed by atoms with E-state index in [0.29, 0.717) is 19.4 Å². The average molecular weight is 523 g/mol. The normalized spacial score (nSPS) is 18.7. The van der Waals surface area contributed by atoms with Gasteiger partial charge in [-0.05, 0) is 68.1 Å². The monoisotopic (exact) mass is 522 g/mol. The summed E-state index contributed by atoms with van der Waals surface area (Å²) in [4.78, 5) is 41.1. The minimum atomic E-state index is -0.845. The molecular weight excluding hydrogens is 480 g/mol. The lowest BCUT2D eigenvalue weighted by atomic mass is 9.89. The molecule has 2 aliphatic rings. The zero-order valence-corrected chi connectivity index (χ0v) is 22.4. The third kappa shape index (κ3) is 7.67. The van der Waals surface area contributed by atoms with Crippen LogP contribution in [0.3, 0.4) is 0 Å². The van der Waals surface area contributed by atoms with Crippen molar-refractivity contribution in [3.8, 4) is 0 Å². The molecule has 1 unspecified atom stereocenters. The molecule has 0 bridgehead atoms. The Morgan fingerprint density at radius 2 is 1.81 bits per heavy atom. The Morgan fingerprint density at radius 3 is 2.47 bits per heavy atom. The molecule has 1 aliphatic heterocycles. The van der Waals surface area contributed by atoms with Gasteiger partial charge in [0.05, 0.1) is 6.10 Å². The zero-order chi connectivity index (χ0) is 25.4. The quantitative estimate of drug-likeness (QED) is 0.353. The third-order valence-electron chi connectivity index (χ3n) is 7.44. The molecule has 1 fully saturated rings. The van der Waals surface area contributed by atoms with Crippen molar-refractivity contribution in [2.24, 2.45) is 11.7 Å². The predicted octanol–water partition coefficient (Wildman–Crippen LogP) is 1.88. The molecule has 3 amide bonds. The summed E-state index contributed by atoms with van der Waals surface area (Å²) in [5, 5.41) is 15.4. The Labute approximate surface area is 221 Å². The molecule has 202 valence electrons. The topological polar surface area (TPSA) is 125 Å². The van der Waals surface area contributed by atoms with Crippen molar-refractivity contribution < 1.29 is 19.5 Å². The number of likely N-dealkylation sites (tertiary alicyclic amines) is 1. The Hall–Kier alpha value is -2.16. The number of benzene rings is 1. The largest absolute Gasteiger partial charge is 0.390 e. The van der Waals surface area contributed by atoms with Crippen LogP contribution >= 0.6 is 12.4 Å². The van der Waals surface area contributed by atoms with Crippen LogP contribution in [0.4, 0.5) is 0 Å². The van der Waals surface area contributed by atoms with Gasteiger partial charge in [0.1, 0.15) is 12.1 Å². The van der Waals surface area contributed by atoms with Crippen LogP contribution in [0.1, 0.15) is 69.1 Å². The van der Waals surface area contributed by atoms with Gasteiger partial charge in [-0.3, -0.25) is 14.4 Å². The number of carbonyl (C=O) groups excluding carboxylic acids is 3. The molecule has 1 saturated heterocycles. The fourth-order valence-corrected chi connectivity index (χ4v) is 5.23. The SMILES string of the molecule is CCC(CC)C(=O)N1CCC[C@H]1C(=O)N[C@H](Cc1ccc2c(c1)CCCC2)C(=O)NCC(O)CN.Cl. The van der Waals surface area contributed by atoms with E-state index in [4.69, 9.17) is 5.73 Å². The van der Waals surface area contributed by atoms with Crippen molar-refractivity contribution in [1.82, 2.24) is 15.5 Å². The van der Waals surface area contributed by atoms with Crippen molar-refractivity contribution in [3.63, 3.8) is 0 Å². The van der Waals surface area contributed by atoms with Crippen LogP contribution in [0.5, 0.6) is 0 Å². The number of aryl methyl sites for hydroxylation is 2. The molecule has 1 aromatic carbocycles. The molecule has 0 radical (unpaired) electrons. The number of amides is 3. The number of nitrogens with two attached hydrogens (primary N) is 1. The van der Waals surface area contributed by atoms with Gasteiger partial charge in [-0.25, -0.2) is 0 Å². The van der Waals surface area contributed by atoms with Crippen LogP contribution in [0.25, 0.3) is 0 Å². The molecule has 3 rings (SSSR count). The Balaban J connectivity index is 0.00000456. The molecule has 1 aromatic rings. The number of carbonyl (C=O) groups is 3. The first kappa shape index (κ1) is 30.1. The van der Waals surface area contributed by atoms with Crippen LogP contribution < -0.4 is 16.4 Å². The van der Waals surface area contributed by atoms with E-state index in [1.165, 1.54) is 17.5 Å². The van der Waals surface area contributed by atoms with Gasteiger partial charge in [-0.1, -0.05) is 32.0 Å². The number of fused-ring (bicyclic) bond motifs is 1. The fraction of sp³-hybridized carbons (Fsp3) is 0.667. The first-order valence-electron chi connectivity index (χ1n) is 13.2. The van der Waals surface area contributed by atoms with Crippen LogP contribution in [0, 0.1) is 5.92 Å². The summed E-state index contributed by atoms with van der Waals surface area (Å²) in [5.41, 5.74) is 9.13. The number of hydrogen-bond acceptors (Lipinski definition) is 5. The number of nitrogens with zero attached hydrogens (tertiary/aromatic N) is 1. The average Bonchev–Trinajstić information content (AvgIpc) is 3.37. The molecule has 9 heteroatoms. The lowest BCUT2D eigenvalue weighted by molar-refractivity contribution is -0.142. The number of hydrogen-bond donors (Lipinski definition) is 4. The first-order valence-corrected chi connectivity index (χ1v) is 13.2. The highest BCUT2D eigenvalue weighted by molar-refractivity contribution is 5.93. The van der Waals surface area contributed by atoms with Gasteiger partial charge >= 0.3 is 0 Å². The highest BCUT2D eigenvalue weighted by atomic mass is 35.5. The van der Waals surface area contributed by atoms with Crippen molar-refractivity contribution in [2.75, 3.05) is 19.6 Å². The smallest absolute Gasteiger partial charge is 0.243 e. The maximum atomic E-state index is 13.3. The van der Waals surface area contributed by atoms with E-state index in [1.807, 2.05) is 19.9 Å². The summed E-state index contributed by atoms with van der Waals surface area (Å²) < 4.78 is 0. The molecule has 3 atom stereocenters. The van der Waals surface area contributed by atoms with Crippen LogP contribution in [-0.4, -0.2) is 65.5 Å². The predicted molar refractivity (Wildman–Crippen MR) is 143 cm³/mol. The minimum absolute atomic E-state index is 0. The summed E-state index contributed by atoms with van der Waals surface area (Å²) in [5.74, 6) is -0.719. The van der Waals surface area contributed by atoms with Gasteiger partial charge in [0.15, 0.2) is 0 Å². The zero-order valence-electron chi connectivity index (χ0n) is 21.6. The first-order chi connectivity index (χ1) is 16.9. The van der Waals surface area contributed by atoms with Crippen molar-refractivity contribution in [1.29, 1.82) is 0 Å². The molecule has 1 aliphatic carbocycles. The summed E-state index contributed by atoms with van der Waals surface area (Å²) in [6.07, 6.45) is 6.82. The second kappa shape index (κ2) is 14.5. The number of rotatable bonds is 11. The van der Waals surface area contributed by atoms with E-state index in [9.17, 15) is 19.5 Å².